The molecule has 0 aliphatic heterocycles. The van der Waals surface area contributed by atoms with Crippen molar-refractivity contribution >= 4 is 29.5 Å². The fourth-order valence-electron chi connectivity index (χ4n) is 3.31. The number of carbonyl (C=O) groups excluding carboxylic acids is 1. The van der Waals surface area contributed by atoms with E-state index in [1.807, 2.05) is 22.1 Å². The number of aliphatic hydroxyl groups is 1. The Balaban J connectivity index is 1.57. The number of aliphatic hydroxyl groups excluding tert-OH is 1. The molecule has 2 atom stereocenters. The number of hydrogen-bond donors (Lipinski definition) is 3. The van der Waals surface area contributed by atoms with Crippen LogP contribution in [0.3, 0.4) is 0 Å². The van der Waals surface area contributed by atoms with Crippen molar-refractivity contribution in [3.63, 3.8) is 0 Å². The molecule has 1 aliphatic rings. The summed E-state index contributed by atoms with van der Waals surface area (Å²) >= 11 is 6.87. The molecule has 6 nitrogen and oxygen atoms in total. The van der Waals surface area contributed by atoms with Crippen LogP contribution in [0.2, 0.25) is 0 Å². The standard InChI is InChI=1S/C17H24N4O2S2/c1-17(8-3-2-6-13(17)22)11-18-14(23)7-9-21-15(19-20-16(21)24)12-5-4-10-25-12/h4-5,10,13,22H,2-3,6-9,11H2,1H3,(H,18,23)(H,20,24). The summed E-state index contributed by atoms with van der Waals surface area (Å²) in [7, 11) is 0. The summed E-state index contributed by atoms with van der Waals surface area (Å²) in [5.41, 5.74) is -0.220. The minimum absolute atomic E-state index is 0.0285. The van der Waals surface area contributed by atoms with Gasteiger partial charge in [0.05, 0.1) is 11.0 Å². The number of amides is 1. The lowest BCUT2D eigenvalue weighted by Gasteiger charge is -2.38. The number of nitrogens with zero attached hydrogens (tertiary/aromatic N) is 2. The number of thiophene rings is 1. The Morgan fingerprint density at radius 3 is 3.16 bits per heavy atom. The fraction of sp³-hybridized carbons (Fsp3) is 0.588. The maximum atomic E-state index is 12.3. The summed E-state index contributed by atoms with van der Waals surface area (Å²) in [6.07, 6.45) is 3.93. The molecule has 8 heteroatoms. The average molecular weight is 381 g/mol. The molecule has 1 aliphatic carbocycles. The van der Waals surface area contributed by atoms with Gasteiger partial charge < -0.3 is 10.4 Å². The molecule has 25 heavy (non-hydrogen) atoms. The summed E-state index contributed by atoms with van der Waals surface area (Å²) in [5, 5.41) is 22.3. The van der Waals surface area contributed by atoms with Crippen LogP contribution >= 0.6 is 23.6 Å². The third-order valence-electron chi connectivity index (χ3n) is 5.03. The lowest BCUT2D eigenvalue weighted by molar-refractivity contribution is -0.122. The van der Waals surface area contributed by atoms with Gasteiger partial charge in [0, 0.05) is 24.9 Å². The molecule has 3 rings (SSSR count). The molecule has 1 saturated carbocycles. The summed E-state index contributed by atoms with van der Waals surface area (Å²) in [5.74, 6) is 0.738. The largest absolute Gasteiger partial charge is 0.392 e. The van der Waals surface area contributed by atoms with Crippen LogP contribution in [0.25, 0.3) is 10.7 Å². The van der Waals surface area contributed by atoms with Crippen LogP contribution in [0, 0.1) is 10.2 Å². The molecular weight excluding hydrogens is 356 g/mol. The van der Waals surface area contributed by atoms with Gasteiger partial charge >= 0.3 is 0 Å². The molecule has 2 unspecified atom stereocenters. The highest BCUT2D eigenvalue weighted by Gasteiger charge is 2.35. The summed E-state index contributed by atoms with van der Waals surface area (Å²) < 4.78 is 2.38. The first kappa shape index (κ1) is 18.3. The topological polar surface area (TPSA) is 82.9 Å². The van der Waals surface area contributed by atoms with E-state index in [1.54, 1.807) is 11.3 Å². The predicted octanol–water partition coefficient (Wildman–Crippen LogP) is 3.12. The molecule has 0 aromatic carbocycles. The molecule has 0 saturated heterocycles. The second-order valence-electron chi connectivity index (χ2n) is 6.92. The molecule has 2 heterocycles. The highest BCUT2D eigenvalue weighted by atomic mass is 32.1. The second kappa shape index (κ2) is 7.80. The number of hydrogen-bond acceptors (Lipinski definition) is 5. The van der Waals surface area contributed by atoms with Gasteiger partial charge in [-0.25, -0.2) is 0 Å². The van der Waals surface area contributed by atoms with Gasteiger partial charge in [0.2, 0.25) is 5.91 Å². The van der Waals surface area contributed by atoms with Crippen LogP contribution < -0.4 is 5.32 Å². The molecule has 0 bridgehead atoms. The van der Waals surface area contributed by atoms with Gasteiger partial charge in [-0.15, -0.1) is 11.3 Å². The van der Waals surface area contributed by atoms with Crippen LogP contribution in [0.4, 0.5) is 0 Å². The number of nitrogens with one attached hydrogen (secondary N) is 2. The number of carbonyl (C=O) groups is 1. The van der Waals surface area contributed by atoms with Gasteiger partial charge in [-0.1, -0.05) is 25.8 Å². The number of rotatable bonds is 6. The Bertz CT molecular complexity index is 768. The van der Waals surface area contributed by atoms with Crippen molar-refractivity contribution < 1.29 is 9.90 Å². The number of aromatic amines is 1. The second-order valence-corrected chi connectivity index (χ2v) is 8.26. The Kier molecular flexibility index (Phi) is 5.71. The van der Waals surface area contributed by atoms with E-state index in [0.29, 0.717) is 24.3 Å². The fourth-order valence-corrected chi connectivity index (χ4v) is 4.25. The highest BCUT2D eigenvalue weighted by Crippen LogP contribution is 2.35. The maximum absolute atomic E-state index is 12.3. The van der Waals surface area contributed by atoms with E-state index in [9.17, 15) is 9.90 Å². The first-order valence-electron chi connectivity index (χ1n) is 8.63. The van der Waals surface area contributed by atoms with Gasteiger partial charge in [0.1, 0.15) is 0 Å². The van der Waals surface area contributed by atoms with E-state index < -0.39 is 0 Å². The van der Waals surface area contributed by atoms with Gasteiger partial charge in [-0.3, -0.25) is 14.5 Å². The SMILES string of the molecule is CC1(CNC(=O)CCn2c(-c3cccs3)n[nH]c2=S)CCCCC1O. The van der Waals surface area contributed by atoms with Crippen LogP contribution in [-0.4, -0.2) is 38.4 Å². The van der Waals surface area contributed by atoms with Crippen molar-refractivity contribution in [2.24, 2.45) is 5.41 Å². The lowest BCUT2D eigenvalue weighted by atomic mass is 9.73. The van der Waals surface area contributed by atoms with Crippen LogP contribution in [-0.2, 0) is 11.3 Å². The minimum Gasteiger partial charge on any atom is -0.392 e. The monoisotopic (exact) mass is 380 g/mol. The predicted molar refractivity (Wildman–Crippen MR) is 101 cm³/mol. The Morgan fingerprint density at radius 1 is 1.60 bits per heavy atom. The number of aromatic nitrogens is 3. The van der Waals surface area contributed by atoms with Crippen molar-refractivity contribution in [3.8, 4) is 10.7 Å². The third kappa shape index (κ3) is 4.19. The first-order valence-corrected chi connectivity index (χ1v) is 9.92. The average Bonchev–Trinajstić information content (AvgIpc) is 3.24. The summed E-state index contributed by atoms with van der Waals surface area (Å²) in [6.45, 7) is 3.05. The highest BCUT2D eigenvalue weighted by molar-refractivity contribution is 7.71. The van der Waals surface area contributed by atoms with Gasteiger partial charge in [0.25, 0.3) is 0 Å². The van der Waals surface area contributed by atoms with Gasteiger partial charge in [0.15, 0.2) is 10.6 Å². The summed E-state index contributed by atoms with van der Waals surface area (Å²) in [6, 6.07) is 3.95. The van der Waals surface area contributed by atoms with Crippen molar-refractivity contribution in [3.05, 3.63) is 22.3 Å². The molecular formula is C17H24N4O2S2. The number of H-pyrrole nitrogens is 1. The van der Waals surface area contributed by atoms with Crippen LogP contribution in [0.5, 0.6) is 0 Å². The molecule has 136 valence electrons. The molecule has 2 aromatic heterocycles. The normalized spacial score (nSPS) is 23.5. The zero-order chi connectivity index (χ0) is 17.9. The van der Waals surface area contributed by atoms with Gasteiger partial charge in [-0.2, -0.15) is 5.10 Å². The minimum atomic E-state index is -0.338. The van der Waals surface area contributed by atoms with Crippen molar-refractivity contribution in [2.75, 3.05) is 6.54 Å². The molecule has 0 spiro atoms. The zero-order valence-corrected chi connectivity index (χ0v) is 16.0. The smallest absolute Gasteiger partial charge is 0.221 e. The maximum Gasteiger partial charge on any atom is 0.221 e. The van der Waals surface area contributed by atoms with Crippen LogP contribution in [0.15, 0.2) is 17.5 Å². The van der Waals surface area contributed by atoms with E-state index >= 15 is 0 Å². The van der Waals surface area contributed by atoms with Crippen molar-refractivity contribution in [2.45, 2.75) is 51.7 Å². The van der Waals surface area contributed by atoms with E-state index in [2.05, 4.69) is 22.4 Å². The third-order valence-corrected chi connectivity index (χ3v) is 6.21. The van der Waals surface area contributed by atoms with Crippen molar-refractivity contribution in [1.82, 2.24) is 20.1 Å². The summed E-state index contributed by atoms with van der Waals surface area (Å²) in [4.78, 5) is 13.3. The van der Waals surface area contributed by atoms with Crippen molar-refractivity contribution in [1.29, 1.82) is 0 Å². The lowest BCUT2D eigenvalue weighted by Crippen LogP contribution is -2.45. The Morgan fingerprint density at radius 2 is 2.44 bits per heavy atom. The molecule has 3 N–H and O–H groups in total. The molecule has 1 amide bonds. The first-order chi connectivity index (χ1) is 12.0. The Hall–Kier alpha value is -1.51. The molecule has 0 radical (unpaired) electrons. The van der Waals surface area contributed by atoms with E-state index in [0.717, 1.165) is 36.4 Å². The quantitative estimate of drug-likeness (QED) is 0.673. The zero-order valence-electron chi connectivity index (χ0n) is 14.3. The molecule has 2 aromatic rings. The van der Waals surface area contributed by atoms with Crippen LogP contribution in [0.1, 0.15) is 39.0 Å². The van der Waals surface area contributed by atoms with E-state index in [4.69, 9.17) is 12.2 Å². The molecule has 1 fully saturated rings. The van der Waals surface area contributed by atoms with Gasteiger partial charge in [-0.05, 0) is 36.5 Å². The Labute approximate surface area is 156 Å². The van der Waals surface area contributed by atoms with E-state index in [-0.39, 0.29) is 17.4 Å². The van der Waals surface area contributed by atoms with E-state index in [1.165, 1.54) is 0 Å².